The van der Waals surface area contributed by atoms with Crippen LogP contribution < -0.4 is 0 Å². The molecule has 1 saturated carbocycles. The first-order valence-corrected chi connectivity index (χ1v) is 4.72. The minimum atomic E-state index is 0.476. The van der Waals surface area contributed by atoms with E-state index in [0.717, 1.165) is 25.2 Å². The van der Waals surface area contributed by atoms with Gasteiger partial charge in [0.25, 0.3) is 0 Å². The van der Waals surface area contributed by atoms with Crippen molar-refractivity contribution in [1.82, 2.24) is 0 Å². The monoisotopic (exact) mass is 154 g/mol. The van der Waals surface area contributed by atoms with Crippen LogP contribution in [0.2, 0.25) is 0 Å². The van der Waals surface area contributed by atoms with E-state index in [0.29, 0.717) is 11.7 Å². The number of Topliss-reactive ketones (excluding diaryl/α,β-unsaturated/α-hetero) is 1. The average molecular weight is 154 g/mol. The Bertz CT molecular complexity index is 140. The second-order valence-corrected chi connectivity index (χ2v) is 3.94. The summed E-state index contributed by atoms with van der Waals surface area (Å²) in [4.78, 5) is 11.2. The van der Waals surface area contributed by atoms with Gasteiger partial charge < -0.3 is 0 Å². The minimum absolute atomic E-state index is 0.476. The summed E-state index contributed by atoms with van der Waals surface area (Å²) in [6.07, 6.45) is 5.33. The molecule has 1 heteroatoms. The van der Waals surface area contributed by atoms with Crippen molar-refractivity contribution in [2.45, 2.75) is 46.0 Å². The minimum Gasteiger partial charge on any atom is -0.300 e. The summed E-state index contributed by atoms with van der Waals surface area (Å²) in [6.45, 7) is 4.47. The Labute approximate surface area is 69.2 Å². The molecule has 0 bridgehead atoms. The summed E-state index contributed by atoms with van der Waals surface area (Å²) in [7, 11) is 0. The highest BCUT2D eigenvalue weighted by atomic mass is 16.1. The number of hydrogen-bond donors (Lipinski definition) is 0. The van der Waals surface area contributed by atoms with Gasteiger partial charge in [0.2, 0.25) is 0 Å². The van der Waals surface area contributed by atoms with Crippen LogP contribution in [-0.4, -0.2) is 5.78 Å². The highest BCUT2D eigenvalue weighted by molar-refractivity contribution is 5.78. The topological polar surface area (TPSA) is 17.1 Å². The van der Waals surface area contributed by atoms with Gasteiger partial charge in [0.05, 0.1) is 0 Å². The Hall–Kier alpha value is -0.330. The molecule has 0 spiro atoms. The van der Waals surface area contributed by atoms with Gasteiger partial charge in [-0.2, -0.15) is 0 Å². The molecule has 0 amide bonds. The second-order valence-electron chi connectivity index (χ2n) is 3.94. The third kappa shape index (κ3) is 2.64. The van der Waals surface area contributed by atoms with Gasteiger partial charge in [-0.05, 0) is 18.3 Å². The molecule has 0 radical (unpaired) electrons. The Kier molecular flexibility index (Phi) is 3.10. The van der Waals surface area contributed by atoms with E-state index >= 15 is 0 Å². The van der Waals surface area contributed by atoms with Crippen LogP contribution in [0.5, 0.6) is 0 Å². The lowest BCUT2D eigenvalue weighted by molar-refractivity contribution is -0.120. The zero-order chi connectivity index (χ0) is 8.27. The smallest absolute Gasteiger partial charge is 0.133 e. The Morgan fingerprint density at radius 3 is 2.64 bits per heavy atom. The van der Waals surface area contributed by atoms with Crippen molar-refractivity contribution in [3.63, 3.8) is 0 Å². The highest BCUT2D eigenvalue weighted by Crippen LogP contribution is 2.25. The van der Waals surface area contributed by atoms with Gasteiger partial charge in [-0.3, -0.25) is 4.79 Å². The standard InChI is InChI=1S/C10H18O/c1-8-5-3-4-6-10(11)7-9(8)2/h8-9H,3-7H2,1-2H3. The maximum absolute atomic E-state index is 11.2. The van der Waals surface area contributed by atoms with Crippen LogP contribution >= 0.6 is 0 Å². The van der Waals surface area contributed by atoms with Crippen LogP contribution in [0, 0.1) is 11.8 Å². The van der Waals surface area contributed by atoms with Gasteiger partial charge in [0.15, 0.2) is 0 Å². The number of carbonyl (C=O) groups excluding carboxylic acids is 1. The molecule has 1 aliphatic carbocycles. The van der Waals surface area contributed by atoms with Crippen molar-refractivity contribution in [3.05, 3.63) is 0 Å². The number of ketones is 1. The van der Waals surface area contributed by atoms with Crippen molar-refractivity contribution in [2.75, 3.05) is 0 Å². The van der Waals surface area contributed by atoms with E-state index in [-0.39, 0.29) is 0 Å². The molecule has 1 nitrogen and oxygen atoms in total. The fourth-order valence-electron chi connectivity index (χ4n) is 1.74. The van der Waals surface area contributed by atoms with Gasteiger partial charge in [0, 0.05) is 12.8 Å². The van der Waals surface area contributed by atoms with Crippen molar-refractivity contribution >= 4 is 5.78 Å². The maximum atomic E-state index is 11.2. The molecule has 11 heavy (non-hydrogen) atoms. The molecule has 0 aromatic carbocycles. The summed E-state index contributed by atoms with van der Waals surface area (Å²) in [5.41, 5.74) is 0. The molecule has 0 aromatic rings. The molecule has 0 aromatic heterocycles. The van der Waals surface area contributed by atoms with E-state index in [4.69, 9.17) is 0 Å². The molecule has 1 aliphatic rings. The van der Waals surface area contributed by atoms with E-state index in [1.807, 2.05) is 0 Å². The number of rotatable bonds is 0. The fraction of sp³-hybridized carbons (Fsp3) is 0.900. The van der Waals surface area contributed by atoms with Crippen LogP contribution in [-0.2, 0) is 4.79 Å². The Balaban J connectivity index is 2.44. The van der Waals surface area contributed by atoms with E-state index < -0.39 is 0 Å². The molecule has 2 unspecified atom stereocenters. The maximum Gasteiger partial charge on any atom is 0.133 e. The molecule has 0 heterocycles. The molecular formula is C10H18O. The van der Waals surface area contributed by atoms with Crippen molar-refractivity contribution < 1.29 is 4.79 Å². The Morgan fingerprint density at radius 2 is 1.91 bits per heavy atom. The van der Waals surface area contributed by atoms with Gasteiger partial charge in [-0.15, -0.1) is 0 Å². The fourth-order valence-corrected chi connectivity index (χ4v) is 1.74. The van der Waals surface area contributed by atoms with Crippen LogP contribution in [0.1, 0.15) is 46.0 Å². The quantitative estimate of drug-likeness (QED) is 0.524. The lowest BCUT2D eigenvalue weighted by atomic mass is 9.84. The predicted molar refractivity (Wildman–Crippen MR) is 46.4 cm³/mol. The third-order valence-corrected chi connectivity index (χ3v) is 2.89. The average Bonchev–Trinajstić information content (AvgIpc) is 1.95. The zero-order valence-electron chi connectivity index (χ0n) is 7.60. The summed E-state index contributed by atoms with van der Waals surface area (Å²) < 4.78 is 0. The lowest BCUT2D eigenvalue weighted by Crippen LogP contribution is -2.15. The second kappa shape index (κ2) is 3.89. The molecule has 1 fully saturated rings. The SMILES string of the molecule is CC1CCCCC(=O)CC1C. The number of hydrogen-bond acceptors (Lipinski definition) is 1. The van der Waals surface area contributed by atoms with Crippen molar-refractivity contribution in [2.24, 2.45) is 11.8 Å². The summed E-state index contributed by atoms with van der Waals surface area (Å²) in [5, 5.41) is 0. The normalized spacial score (nSPS) is 34.5. The van der Waals surface area contributed by atoms with Gasteiger partial charge in [-0.1, -0.05) is 26.7 Å². The molecule has 64 valence electrons. The van der Waals surface area contributed by atoms with Crippen LogP contribution in [0.4, 0.5) is 0 Å². The molecule has 0 aliphatic heterocycles. The first-order chi connectivity index (χ1) is 5.20. The molecule has 1 rings (SSSR count). The highest BCUT2D eigenvalue weighted by Gasteiger charge is 2.18. The van der Waals surface area contributed by atoms with E-state index in [1.54, 1.807) is 0 Å². The van der Waals surface area contributed by atoms with Gasteiger partial charge in [0.1, 0.15) is 5.78 Å². The van der Waals surface area contributed by atoms with Crippen molar-refractivity contribution in [1.29, 1.82) is 0 Å². The summed E-state index contributed by atoms with van der Waals surface area (Å²) in [6, 6.07) is 0. The van der Waals surface area contributed by atoms with Gasteiger partial charge >= 0.3 is 0 Å². The van der Waals surface area contributed by atoms with E-state index in [9.17, 15) is 4.79 Å². The number of carbonyl (C=O) groups is 1. The molecular weight excluding hydrogens is 136 g/mol. The van der Waals surface area contributed by atoms with Crippen LogP contribution in [0.15, 0.2) is 0 Å². The van der Waals surface area contributed by atoms with E-state index in [2.05, 4.69) is 13.8 Å². The van der Waals surface area contributed by atoms with Crippen LogP contribution in [0.3, 0.4) is 0 Å². The first kappa shape index (κ1) is 8.76. The van der Waals surface area contributed by atoms with Gasteiger partial charge in [-0.25, -0.2) is 0 Å². The largest absolute Gasteiger partial charge is 0.300 e. The molecule has 2 atom stereocenters. The predicted octanol–water partition coefficient (Wildman–Crippen LogP) is 2.79. The lowest BCUT2D eigenvalue weighted by Gasteiger charge is -2.21. The Morgan fingerprint density at radius 1 is 1.18 bits per heavy atom. The third-order valence-electron chi connectivity index (χ3n) is 2.89. The summed E-state index contributed by atoms with van der Waals surface area (Å²) >= 11 is 0. The zero-order valence-corrected chi connectivity index (χ0v) is 7.60. The summed E-state index contributed by atoms with van der Waals surface area (Å²) in [5.74, 6) is 1.84. The van der Waals surface area contributed by atoms with Crippen molar-refractivity contribution in [3.8, 4) is 0 Å². The molecule has 0 N–H and O–H groups in total. The first-order valence-electron chi connectivity index (χ1n) is 4.72. The van der Waals surface area contributed by atoms with E-state index in [1.165, 1.54) is 12.8 Å². The molecule has 0 saturated heterocycles. The van der Waals surface area contributed by atoms with Crippen LogP contribution in [0.25, 0.3) is 0 Å².